The van der Waals surface area contributed by atoms with Crippen LogP contribution in [0, 0.1) is 0 Å². The minimum Gasteiger partial charge on any atom is -0.493 e. The van der Waals surface area contributed by atoms with E-state index in [0.29, 0.717) is 17.3 Å². The number of carbonyl (C=O) groups is 1. The van der Waals surface area contributed by atoms with E-state index in [9.17, 15) is 4.79 Å². The average Bonchev–Trinajstić information content (AvgIpc) is 3.25. The SMILES string of the molecule is COc1ccc(/C=N\NC(=O)CSc2nnc(SCc3ccccc3Cl)s2)cc1OC. The van der Waals surface area contributed by atoms with E-state index >= 15 is 0 Å². The van der Waals surface area contributed by atoms with E-state index in [1.807, 2.05) is 30.3 Å². The molecule has 1 heterocycles. The highest BCUT2D eigenvalue weighted by Gasteiger charge is 2.09. The second kappa shape index (κ2) is 11.9. The lowest BCUT2D eigenvalue weighted by atomic mass is 10.2. The predicted molar refractivity (Wildman–Crippen MR) is 127 cm³/mol. The van der Waals surface area contributed by atoms with Gasteiger partial charge in [0.05, 0.1) is 26.2 Å². The second-order valence-corrected chi connectivity index (χ2v) is 9.74. The summed E-state index contributed by atoms with van der Waals surface area (Å²) >= 11 is 10.5. The van der Waals surface area contributed by atoms with E-state index in [-0.39, 0.29) is 11.7 Å². The first-order valence-electron chi connectivity index (χ1n) is 8.95. The lowest BCUT2D eigenvalue weighted by molar-refractivity contribution is -0.118. The second-order valence-electron chi connectivity index (χ2n) is 5.91. The number of benzene rings is 2. The molecule has 3 aromatic rings. The molecule has 0 atom stereocenters. The van der Waals surface area contributed by atoms with Crippen LogP contribution in [-0.4, -0.2) is 42.3 Å². The summed E-state index contributed by atoms with van der Waals surface area (Å²) in [6.07, 6.45) is 1.54. The fourth-order valence-corrected chi connectivity index (χ4v) is 5.44. The highest BCUT2D eigenvalue weighted by molar-refractivity contribution is 8.03. The summed E-state index contributed by atoms with van der Waals surface area (Å²) in [6.45, 7) is 0. The molecule has 1 amide bonds. The fourth-order valence-electron chi connectivity index (χ4n) is 2.34. The van der Waals surface area contributed by atoms with Gasteiger partial charge in [-0.05, 0) is 35.4 Å². The Hall–Kier alpha value is -2.27. The van der Waals surface area contributed by atoms with Gasteiger partial charge >= 0.3 is 0 Å². The summed E-state index contributed by atoms with van der Waals surface area (Å²) in [5.74, 6) is 1.88. The fraction of sp³-hybridized carbons (Fsp3) is 0.200. The van der Waals surface area contributed by atoms with Crippen molar-refractivity contribution >= 4 is 58.6 Å². The summed E-state index contributed by atoms with van der Waals surface area (Å²) in [5.41, 5.74) is 4.32. The number of rotatable bonds is 10. The maximum atomic E-state index is 12.0. The monoisotopic (exact) mass is 494 g/mol. The molecule has 31 heavy (non-hydrogen) atoms. The van der Waals surface area contributed by atoms with Crippen LogP contribution in [0.3, 0.4) is 0 Å². The summed E-state index contributed by atoms with van der Waals surface area (Å²) in [6, 6.07) is 13.1. The van der Waals surface area contributed by atoms with Crippen LogP contribution in [0.1, 0.15) is 11.1 Å². The molecular formula is C20H19ClN4O3S3. The molecule has 11 heteroatoms. The van der Waals surface area contributed by atoms with Crippen LogP contribution in [0.2, 0.25) is 5.02 Å². The van der Waals surface area contributed by atoms with Crippen molar-refractivity contribution in [3.8, 4) is 11.5 Å². The maximum Gasteiger partial charge on any atom is 0.250 e. The topological polar surface area (TPSA) is 85.7 Å². The molecule has 0 aliphatic heterocycles. The van der Waals surface area contributed by atoms with Gasteiger partial charge in [-0.15, -0.1) is 10.2 Å². The zero-order valence-electron chi connectivity index (χ0n) is 16.7. The van der Waals surface area contributed by atoms with E-state index in [1.165, 1.54) is 23.1 Å². The molecule has 0 aliphatic rings. The number of thioether (sulfide) groups is 2. The van der Waals surface area contributed by atoms with Crippen molar-refractivity contribution in [3.05, 3.63) is 58.6 Å². The van der Waals surface area contributed by atoms with Gasteiger partial charge in [0.15, 0.2) is 20.2 Å². The molecule has 7 nitrogen and oxygen atoms in total. The van der Waals surface area contributed by atoms with Crippen molar-refractivity contribution in [1.82, 2.24) is 15.6 Å². The summed E-state index contributed by atoms with van der Waals surface area (Å²) < 4.78 is 12.0. The van der Waals surface area contributed by atoms with Crippen LogP contribution in [0.4, 0.5) is 0 Å². The van der Waals surface area contributed by atoms with Crippen LogP contribution in [0.5, 0.6) is 11.5 Å². The van der Waals surface area contributed by atoms with Crippen LogP contribution >= 0.6 is 46.5 Å². The lowest BCUT2D eigenvalue weighted by Gasteiger charge is -2.07. The van der Waals surface area contributed by atoms with Gasteiger partial charge in [-0.2, -0.15) is 5.10 Å². The highest BCUT2D eigenvalue weighted by atomic mass is 35.5. The molecule has 1 aromatic heterocycles. The van der Waals surface area contributed by atoms with E-state index < -0.39 is 0 Å². The first-order chi connectivity index (χ1) is 15.1. The molecule has 0 spiro atoms. The number of nitrogens with one attached hydrogen (secondary N) is 1. The Balaban J connectivity index is 1.44. The van der Waals surface area contributed by atoms with Gasteiger partial charge in [0.2, 0.25) is 0 Å². The molecule has 2 aromatic carbocycles. The molecule has 0 aliphatic carbocycles. The third kappa shape index (κ3) is 7.13. The molecule has 0 unspecified atom stereocenters. The Morgan fingerprint density at radius 2 is 1.87 bits per heavy atom. The third-order valence-corrected chi connectivity index (χ3v) is 7.44. The normalized spacial score (nSPS) is 10.9. The first-order valence-corrected chi connectivity index (χ1v) is 12.1. The van der Waals surface area contributed by atoms with Crippen molar-refractivity contribution in [3.63, 3.8) is 0 Å². The average molecular weight is 495 g/mol. The minimum absolute atomic E-state index is 0.188. The molecule has 1 N–H and O–H groups in total. The van der Waals surface area contributed by atoms with Gasteiger partial charge in [-0.3, -0.25) is 4.79 Å². The maximum absolute atomic E-state index is 12.0. The van der Waals surface area contributed by atoms with E-state index in [0.717, 1.165) is 24.8 Å². The molecule has 0 radical (unpaired) electrons. The highest BCUT2D eigenvalue weighted by Crippen LogP contribution is 2.32. The zero-order valence-corrected chi connectivity index (χ0v) is 19.9. The lowest BCUT2D eigenvalue weighted by Crippen LogP contribution is -2.19. The van der Waals surface area contributed by atoms with Crippen molar-refractivity contribution in [1.29, 1.82) is 0 Å². The van der Waals surface area contributed by atoms with Crippen molar-refractivity contribution in [2.24, 2.45) is 5.10 Å². The molecule has 0 bridgehead atoms. The summed E-state index contributed by atoms with van der Waals surface area (Å²) in [5, 5.41) is 13.0. The van der Waals surface area contributed by atoms with Crippen molar-refractivity contribution < 1.29 is 14.3 Å². The predicted octanol–water partition coefficient (Wildman–Crippen LogP) is 4.74. The number of amides is 1. The van der Waals surface area contributed by atoms with Crippen LogP contribution in [0.25, 0.3) is 0 Å². The van der Waals surface area contributed by atoms with E-state index in [4.69, 9.17) is 21.1 Å². The molecule has 3 rings (SSSR count). The van der Waals surface area contributed by atoms with Gasteiger partial charge in [-0.25, -0.2) is 5.43 Å². The number of nitrogens with zero attached hydrogens (tertiary/aromatic N) is 3. The minimum atomic E-state index is -0.234. The quantitative estimate of drug-likeness (QED) is 0.247. The number of methoxy groups -OCH3 is 2. The number of hydrazone groups is 1. The van der Waals surface area contributed by atoms with Crippen LogP contribution in [-0.2, 0) is 10.5 Å². The Labute approximate surface area is 197 Å². The van der Waals surface area contributed by atoms with Crippen molar-refractivity contribution in [2.45, 2.75) is 14.4 Å². The largest absolute Gasteiger partial charge is 0.493 e. The molecule has 0 fully saturated rings. The number of ether oxygens (including phenoxy) is 2. The number of aromatic nitrogens is 2. The van der Waals surface area contributed by atoms with Crippen molar-refractivity contribution in [2.75, 3.05) is 20.0 Å². The van der Waals surface area contributed by atoms with Crippen LogP contribution < -0.4 is 14.9 Å². The molecular weight excluding hydrogens is 476 g/mol. The van der Waals surface area contributed by atoms with Gasteiger partial charge in [0.1, 0.15) is 0 Å². The van der Waals surface area contributed by atoms with Gasteiger partial charge in [0, 0.05) is 10.8 Å². The van der Waals surface area contributed by atoms with Gasteiger partial charge < -0.3 is 9.47 Å². The summed E-state index contributed by atoms with van der Waals surface area (Å²) in [4.78, 5) is 12.0. The number of hydrogen-bond acceptors (Lipinski definition) is 9. The van der Waals surface area contributed by atoms with Crippen LogP contribution in [0.15, 0.2) is 56.2 Å². The van der Waals surface area contributed by atoms with Gasteiger partial charge in [-0.1, -0.05) is 64.7 Å². The standard InChI is InChI=1S/C20H19ClN4O3S3/c1-27-16-8-7-13(9-17(16)28-2)10-22-23-18(26)12-30-20-25-24-19(31-20)29-11-14-5-3-4-6-15(14)21/h3-10H,11-12H2,1-2H3,(H,23,26)/b22-10-. The number of carbonyl (C=O) groups excluding carboxylic acids is 1. The molecule has 0 saturated heterocycles. The molecule has 162 valence electrons. The van der Waals surface area contributed by atoms with Gasteiger partial charge in [0.25, 0.3) is 5.91 Å². The number of hydrogen-bond donors (Lipinski definition) is 1. The Morgan fingerprint density at radius 1 is 1.13 bits per heavy atom. The Kier molecular flexibility index (Phi) is 9.01. The number of halogens is 1. The third-order valence-electron chi connectivity index (χ3n) is 3.83. The van der Waals surface area contributed by atoms with E-state index in [2.05, 4.69) is 20.7 Å². The zero-order chi connectivity index (χ0) is 22.1. The van der Waals surface area contributed by atoms with E-state index in [1.54, 1.807) is 44.3 Å². The smallest absolute Gasteiger partial charge is 0.250 e. The molecule has 0 saturated carbocycles. The summed E-state index contributed by atoms with van der Waals surface area (Å²) in [7, 11) is 3.13. The first kappa shape index (κ1) is 23.4. The Bertz CT molecular complexity index is 1060. The Morgan fingerprint density at radius 3 is 2.61 bits per heavy atom.